The van der Waals surface area contributed by atoms with E-state index >= 15 is 0 Å². The number of halogens is 2. The van der Waals surface area contributed by atoms with Gasteiger partial charge in [0.2, 0.25) is 0 Å². The van der Waals surface area contributed by atoms with Crippen molar-refractivity contribution in [2.75, 3.05) is 0 Å². The molecule has 0 spiro atoms. The molecule has 4 aromatic carbocycles. The third kappa shape index (κ3) is 3.15. The molecular weight excluding hydrogens is 386 g/mol. The average molecular weight is 407 g/mol. The SMILES string of the molecule is Fc1cccc(CP(Cl)(c2ccccc2)(c2ccccc2)c2ccccc2)c1. The minimum atomic E-state index is -3.40. The Morgan fingerprint density at radius 1 is 0.571 bits per heavy atom. The van der Waals surface area contributed by atoms with E-state index in [0.717, 1.165) is 21.5 Å². The summed E-state index contributed by atoms with van der Waals surface area (Å²) in [6.07, 6.45) is 0.545. The number of hydrogen-bond donors (Lipinski definition) is 0. The molecule has 0 bridgehead atoms. The van der Waals surface area contributed by atoms with Crippen LogP contribution in [0.3, 0.4) is 0 Å². The minimum absolute atomic E-state index is 0.242. The first kappa shape index (κ1) is 18.9. The second-order valence-electron chi connectivity index (χ2n) is 6.98. The fourth-order valence-corrected chi connectivity index (χ4v) is 10.0. The first-order valence-electron chi connectivity index (χ1n) is 9.25. The van der Waals surface area contributed by atoms with Crippen molar-refractivity contribution in [1.82, 2.24) is 0 Å². The first-order chi connectivity index (χ1) is 13.6. The number of hydrogen-bond acceptors (Lipinski definition) is 0. The molecule has 0 aliphatic carbocycles. The van der Waals surface area contributed by atoms with Gasteiger partial charge in [-0.2, -0.15) is 0 Å². The molecule has 0 unspecified atom stereocenters. The van der Waals surface area contributed by atoms with Crippen molar-refractivity contribution in [3.63, 3.8) is 0 Å². The summed E-state index contributed by atoms with van der Waals surface area (Å²) in [6.45, 7) is 0. The van der Waals surface area contributed by atoms with Crippen LogP contribution in [0.25, 0.3) is 0 Å². The van der Waals surface area contributed by atoms with E-state index < -0.39 is 5.96 Å². The molecule has 0 nitrogen and oxygen atoms in total. The van der Waals surface area contributed by atoms with Crippen LogP contribution in [0.4, 0.5) is 4.39 Å². The van der Waals surface area contributed by atoms with Crippen LogP contribution >= 0.6 is 17.2 Å². The molecule has 0 saturated heterocycles. The predicted octanol–water partition coefficient (Wildman–Crippen LogP) is 6.01. The number of benzene rings is 4. The Balaban J connectivity index is 2.09. The summed E-state index contributed by atoms with van der Waals surface area (Å²) in [5, 5.41) is 3.24. The Labute approximate surface area is 170 Å². The molecule has 28 heavy (non-hydrogen) atoms. The standard InChI is InChI=1S/C25H21ClFP/c26-28(23-13-4-1-5-14-23,24-15-6-2-7-16-24,25-17-8-3-9-18-25)20-21-11-10-12-22(27)19-21/h1-19H,20H2. The summed E-state index contributed by atoms with van der Waals surface area (Å²) in [6, 6.07) is 37.5. The van der Waals surface area contributed by atoms with Gasteiger partial charge in [-0.15, -0.1) is 0 Å². The normalized spacial score (nSPS) is 12.9. The molecule has 0 atom stereocenters. The molecule has 4 aromatic rings. The fourth-order valence-electron chi connectivity index (χ4n) is 3.92. The zero-order chi connectivity index (χ0) is 19.5. The maximum atomic E-state index is 14.0. The van der Waals surface area contributed by atoms with Crippen molar-refractivity contribution >= 4 is 33.1 Å². The van der Waals surface area contributed by atoms with E-state index in [1.165, 1.54) is 6.07 Å². The van der Waals surface area contributed by atoms with Gasteiger partial charge in [-0.25, -0.2) is 0 Å². The van der Waals surface area contributed by atoms with Gasteiger partial charge in [-0.1, -0.05) is 0 Å². The van der Waals surface area contributed by atoms with Crippen LogP contribution in [0.2, 0.25) is 0 Å². The summed E-state index contributed by atoms with van der Waals surface area (Å²) in [4.78, 5) is 0. The van der Waals surface area contributed by atoms with Gasteiger partial charge < -0.3 is 0 Å². The summed E-state index contributed by atoms with van der Waals surface area (Å²) in [5.74, 6) is -3.64. The molecular formula is C25H21ClFP. The molecule has 3 heteroatoms. The zero-order valence-electron chi connectivity index (χ0n) is 15.4. The second-order valence-corrected chi connectivity index (χ2v) is 13.4. The fraction of sp³-hybridized carbons (Fsp3) is 0.0400. The molecule has 4 rings (SSSR count). The van der Waals surface area contributed by atoms with Crippen molar-refractivity contribution in [3.05, 3.63) is 127 Å². The van der Waals surface area contributed by atoms with E-state index in [2.05, 4.69) is 36.4 Å². The van der Waals surface area contributed by atoms with Crippen LogP contribution in [-0.4, -0.2) is 0 Å². The Kier molecular flexibility index (Phi) is 5.06. The summed E-state index contributed by atoms with van der Waals surface area (Å²) in [7, 11) is 0. The van der Waals surface area contributed by atoms with E-state index in [1.807, 2.05) is 60.7 Å². The summed E-state index contributed by atoms with van der Waals surface area (Å²) < 4.78 is 14.0. The van der Waals surface area contributed by atoms with E-state index in [4.69, 9.17) is 11.2 Å². The van der Waals surface area contributed by atoms with Gasteiger partial charge in [-0.3, -0.25) is 0 Å². The van der Waals surface area contributed by atoms with Gasteiger partial charge in [0.05, 0.1) is 0 Å². The quantitative estimate of drug-likeness (QED) is 0.356. The number of rotatable bonds is 5. The van der Waals surface area contributed by atoms with Crippen molar-refractivity contribution in [2.24, 2.45) is 0 Å². The predicted molar refractivity (Wildman–Crippen MR) is 121 cm³/mol. The van der Waals surface area contributed by atoms with E-state index in [1.54, 1.807) is 12.1 Å². The maximum absolute atomic E-state index is 14.0. The molecule has 0 fully saturated rings. The van der Waals surface area contributed by atoms with Crippen molar-refractivity contribution in [3.8, 4) is 0 Å². The third-order valence-electron chi connectivity index (χ3n) is 5.25. The Morgan fingerprint density at radius 3 is 1.39 bits per heavy atom. The molecule has 0 N–H and O–H groups in total. The van der Waals surface area contributed by atoms with Gasteiger partial charge in [0.25, 0.3) is 0 Å². The van der Waals surface area contributed by atoms with Gasteiger partial charge in [0.1, 0.15) is 0 Å². The average Bonchev–Trinajstić information content (AvgIpc) is 2.76. The van der Waals surface area contributed by atoms with Gasteiger partial charge in [0, 0.05) is 0 Å². The van der Waals surface area contributed by atoms with Gasteiger partial charge >= 0.3 is 170 Å². The molecule has 0 aromatic heterocycles. The van der Waals surface area contributed by atoms with Crippen LogP contribution < -0.4 is 15.9 Å². The van der Waals surface area contributed by atoms with Crippen LogP contribution in [0.15, 0.2) is 115 Å². The monoisotopic (exact) mass is 406 g/mol. The molecule has 140 valence electrons. The topological polar surface area (TPSA) is 0 Å². The van der Waals surface area contributed by atoms with Crippen LogP contribution in [0.1, 0.15) is 5.56 Å². The first-order valence-corrected chi connectivity index (χ1v) is 12.6. The zero-order valence-corrected chi connectivity index (χ0v) is 17.0. The molecule has 0 aliphatic heterocycles. The molecule has 0 heterocycles. The summed E-state index contributed by atoms with van der Waals surface area (Å²) in [5.41, 5.74) is 0.893. The van der Waals surface area contributed by atoms with Crippen molar-refractivity contribution in [1.29, 1.82) is 0 Å². The van der Waals surface area contributed by atoms with E-state index in [0.29, 0.717) is 6.16 Å². The van der Waals surface area contributed by atoms with Gasteiger partial charge in [0.15, 0.2) is 0 Å². The molecule has 0 aliphatic rings. The molecule has 0 radical (unpaired) electrons. The van der Waals surface area contributed by atoms with Crippen molar-refractivity contribution < 1.29 is 4.39 Å². The van der Waals surface area contributed by atoms with Crippen LogP contribution in [0, 0.1) is 5.82 Å². The van der Waals surface area contributed by atoms with Gasteiger partial charge in [-0.05, 0) is 0 Å². The summed E-state index contributed by atoms with van der Waals surface area (Å²) >= 11 is 7.97. The van der Waals surface area contributed by atoms with Crippen molar-refractivity contribution in [2.45, 2.75) is 6.16 Å². The van der Waals surface area contributed by atoms with Crippen LogP contribution in [0.5, 0.6) is 0 Å². The molecule has 0 saturated carbocycles. The van der Waals surface area contributed by atoms with Crippen LogP contribution in [-0.2, 0) is 6.16 Å². The Bertz CT molecular complexity index is 966. The van der Waals surface area contributed by atoms with E-state index in [-0.39, 0.29) is 5.82 Å². The Morgan fingerprint density at radius 2 is 1.00 bits per heavy atom. The van der Waals surface area contributed by atoms with E-state index in [9.17, 15) is 4.39 Å². The second kappa shape index (κ2) is 7.51. The third-order valence-corrected chi connectivity index (χ3v) is 12.5. The Hall–Kier alpha value is -2.47. The molecule has 0 amide bonds.